The van der Waals surface area contributed by atoms with Crippen LogP contribution in [-0.2, 0) is 18.5 Å². The summed E-state index contributed by atoms with van der Waals surface area (Å²) in [6.07, 6.45) is 7.72. The number of aromatic nitrogens is 3. The van der Waals surface area contributed by atoms with E-state index in [4.69, 9.17) is 5.10 Å². The topological polar surface area (TPSA) is 51.0 Å². The Kier molecular flexibility index (Phi) is 4.42. The molecule has 3 heterocycles. The number of fused-ring (bicyclic) bond motifs is 2. The molecule has 1 saturated carbocycles. The van der Waals surface area contributed by atoms with Crippen LogP contribution in [0, 0.1) is 0 Å². The summed E-state index contributed by atoms with van der Waals surface area (Å²) in [5.74, 6) is 0.0453. The van der Waals surface area contributed by atoms with Crippen LogP contribution in [0.2, 0.25) is 0 Å². The number of carbonyl (C=O) groups excluding carboxylic acids is 1. The van der Waals surface area contributed by atoms with Crippen LogP contribution in [0.1, 0.15) is 39.9 Å². The van der Waals surface area contributed by atoms with Crippen molar-refractivity contribution in [3.63, 3.8) is 0 Å². The molecule has 0 N–H and O–H groups in total. The van der Waals surface area contributed by atoms with Gasteiger partial charge in [-0.2, -0.15) is 5.10 Å². The normalized spacial score (nSPS) is 16.1. The summed E-state index contributed by atoms with van der Waals surface area (Å²) in [6.45, 7) is 2.04. The van der Waals surface area contributed by atoms with Crippen molar-refractivity contribution >= 4 is 5.91 Å². The van der Waals surface area contributed by atoms with Gasteiger partial charge >= 0.3 is 0 Å². The van der Waals surface area contributed by atoms with Gasteiger partial charge in [0.1, 0.15) is 5.69 Å². The van der Waals surface area contributed by atoms with Crippen molar-refractivity contribution in [3.05, 3.63) is 108 Å². The molecule has 0 unspecified atom stereocenters. The minimum Gasteiger partial charge on any atom is -0.333 e. The zero-order valence-corrected chi connectivity index (χ0v) is 17.8. The zero-order chi connectivity index (χ0) is 21.5. The Bertz CT molecular complexity index is 1280. The van der Waals surface area contributed by atoms with E-state index in [-0.39, 0.29) is 11.3 Å². The van der Waals surface area contributed by atoms with Crippen LogP contribution in [0.5, 0.6) is 0 Å². The molecule has 1 aliphatic heterocycles. The monoisotopic (exact) mass is 420 g/mol. The number of hydrogen-bond donors (Lipinski definition) is 0. The fourth-order valence-electron chi connectivity index (χ4n) is 4.93. The van der Waals surface area contributed by atoms with Gasteiger partial charge in [-0.3, -0.25) is 14.5 Å². The summed E-state index contributed by atoms with van der Waals surface area (Å²) in [7, 11) is 0. The Labute approximate surface area is 187 Å². The lowest BCUT2D eigenvalue weighted by molar-refractivity contribution is 0.0710. The molecule has 2 aliphatic rings. The van der Waals surface area contributed by atoms with Gasteiger partial charge in [-0.05, 0) is 41.7 Å². The number of carbonyl (C=O) groups is 1. The summed E-state index contributed by atoms with van der Waals surface area (Å²) in [5, 5.41) is 4.82. The highest BCUT2D eigenvalue weighted by atomic mass is 16.2. The van der Waals surface area contributed by atoms with Crippen LogP contribution in [0.15, 0.2) is 85.3 Å². The van der Waals surface area contributed by atoms with E-state index in [0.29, 0.717) is 24.3 Å². The summed E-state index contributed by atoms with van der Waals surface area (Å²) >= 11 is 0. The second kappa shape index (κ2) is 7.45. The average molecular weight is 421 g/mol. The third-order valence-corrected chi connectivity index (χ3v) is 6.70. The quantitative estimate of drug-likeness (QED) is 0.482. The van der Waals surface area contributed by atoms with Crippen molar-refractivity contribution in [3.8, 4) is 11.3 Å². The lowest BCUT2D eigenvalue weighted by Crippen LogP contribution is -2.41. The van der Waals surface area contributed by atoms with Crippen molar-refractivity contribution in [2.24, 2.45) is 0 Å². The largest absolute Gasteiger partial charge is 0.333 e. The van der Waals surface area contributed by atoms with Crippen molar-refractivity contribution < 1.29 is 4.79 Å². The van der Waals surface area contributed by atoms with Crippen molar-refractivity contribution in [2.75, 3.05) is 6.54 Å². The van der Waals surface area contributed by atoms with Gasteiger partial charge in [-0.25, -0.2) is 0 Å². The van der Waals surface area contributed by atoms with Gasteiger partial charge in [0.05, 0.1) is 12.1 Å². The number of benzene rings is 2. The summed E-state index contributed by atoms with van der Waals surface area (Å²) in [4.78, 5) is 20.1. The molecular weight excluding hydrogens is 396 g/mol. The van der Waals surface area contributed by atoms with Crippen LogP contribution < -0.4 is 0 Å². The van der Waals surface area contributed by atoms with Gasteiger partial charge in [0.25, 0.3) is 5.91 Å². The molecule has 1 aliphatic carbocycles. The summed E-state index contributed by atoms with van der Waals surface area (Å²) in [6, 6.07) is 22.6. The molecular formula is C27H24N4O. The van der Waals surface area contributed by atoms with Crippen LogP contribution in [0.3, 0.4) is 0 Å². The first-order chi connectivity index (χ1) is 15.7. The van der Waals surface area contributed by atoms with Crippen molar-refractivity contribution in [1.82, 2.24) is 19.7 Å². The van der Waals surface area contributed by atoms with Crippen molar-refractivity contribution in [1.29, 1.82) is 0 Å². The van der Waals surface area contributed by atoms with Gasteiger partial charge in [-0.15, -0.1) is 0 Å². The third-order valence-electron chi connectivity index (χ3n) is 6.70. The van der Waals surface area contributed by atoms with E-state index in [1.807, 2.05) is 46.1 Å². The molecule has 1 fully saturated rings. The molecule has 0 atom stereocenters. The van der Waals surface area contributed by atoms with E-state index in [2.05, 4.69) is 41.4 Å². The molecule has 0 bridgehead atoms. The first kappa shape index (κ1) is 19.0. The smallest absolute Gasteiger partial charge is 0.258 e. The fraction of sp³-hybridized carbons (Fsp3) is 0.222. The fourth-order valence-corrected chi connectivity index (χ4v) is 4.93. The number of hydrogen-bond acceptors (Lipinski definition) is 3. The first-order valence-electron chi connectivity index (χ1n) is 11.1. The van der Waals surface area contributed by atoms with E-state index in [9.17, 15) is 4.79 Å². The van der Waals surface area contributed by atoms with Crippen LogP contribution >= 0.6 is 0 Å². The molecule has 6 rings (SSSR count). The Morgan fingerprint density at radius 2 is 1.78 bits per heavy atom. The van der Waals surface area contributed by atoms with Crippen molar-refractivity contribution in [2.45, 2.75) is 31.3 Å². The number of amides is 1. The van der Waals surface area contributed by atoms with Gasteiger partial charge in [0.2, 0.25) is 0 Å². The maximum absolute atomic E-state index is 13.8. The molecule has 2 aromatic carbocycles. The molecule has 1 amide bonds. The highest BCUT2D eigenvalue weighted by molar-refractivity contribution is 6.00. The molecule has 2 aromatic heterocycles. The molecule has 1 spiro atoms. The van der Waals surface area contributed by atoms with E-state index in [1.165, 1.54) is 11.1 Å². The molecule has 5 heteroatoms. The predicted molar refractivity (Wildman–Crippen MR) is 123 cm³/mol. The number of nitrogens with zero attached hydrogens (tertiary/aromatic N) is 4. The van der Waals surface area contributed by atoms with E-state index >= 15 is 0 Å². The first-order valence-corrected chi connectivity index (χ1v) is 11.1. The highest BCUT2D eigenvalue weighted by Crippen LogP contribution is 2.52. The lowest BCUT2D eigenvalue weighted by atomic mass is 9.86. The van der Waals surface area contributed by atoms with Gasteiger partial charge in [0.15, 0.2) is 0 Å². The minimum atomic E-state index is 0.0453. The molecule has 5 nitrogen and oxygen atoms in total. The molecule has 32 heavy (non-hydrogen) atoms. The maximum atomic E-state index is 13.8. The van der Waals surface area contributed by atoms with Crippen LogP contribution in [-0.4, -0.2) is 32.1 Å². The zero-order valence-electron chi connectivity index (χ0n) is 17.8. The Morgan fingerprint density at radius 1 is 0.969 bits per heavy atom. The average Bonchev–Trinajstić information content (AvgIpc) is 3.48. The molecule has 158 valence electrons. The number of pyridine rings is 1. The summed E-state index contributed by atoms with van der Waals surface area (Å²) < 4.78 is 1.87. The Hall–Kier alpha value is -3.73. The standard InChI is InChI=1S/C27H24N4O/c32-26(30-17-22-9-4-5-11-24(22)27(19-30)12-13-27)23-18-31(16-20-7-2-1-3-8-20)29-25(23)21-10-6-14-28-15-21/h1-11,14-15,18H,12-13,16-17,19H2. The second-order valence-electron chi connectivity index (χ2n) is 8.91. The molecule has 4 aromatic rings. The van der Waals surface area contributed by atoms with E-state index in [1.54, 1.807) is 12.4 Å². The Balaban J connectivity index is 1.37. The van der Waals surface area contributed by atoms with Gasteiger partial charge < -0.3 is 4.90 Å². The molecule has 0 radical (unpaired) electrons. The van der Waals surface area contributed by atoms with E-state index in [0.717, 1.165) is 30.5 Å². The van der Waals surface area contributed by atoms with Gasteiger partial charge in [0, 0.05) is 42.7 Å². The van der Waals surface area contributed by atoms with Crippen LogP contribution in [0.25, 0.3) is 11.3 Å². The SMILES string of the molecule is O=C(c1cn(Cc2ccccc2)nc1-c1cccnc1)N1Cc2ccccc2C2(CC2)C1. The summed E-state index contributed by atoms with van der Waals surface area (Å²) in [5.41, 5.74) is 6.18. The highest BCUT2D eigenvalue weighted by Gasteiger charge is 2.50. The molecule has 0 saturated heterocycles. The Morgan fingerprint density at radius 3 is 2.56 bits per heavy atom. The lowest BCUT2D eigenvalue weighted by Gasteiger charge is -2.35. The second-order valence-corrected chi connectivity index (χ2v) is 8.91. The predicted octanol–water partition coefficient (Wildman–Crippen LogP) is 4.68. The van der Waals surface area contributed by atoms with E-state index < -0.39 is 0 Å². The van der Waals surface area contributed by atoms with Crippen LogP contribution in [0.4, 0.5) is 0 Å². The third kappa shape index (κ3) is 3.30. The maximum Gasteiger partial charge on any atom is 0.258 e. The minimum absolute atomic E-state index is 0.0453. The number of rotatable bonds is 4. The van der Waals surface area contributed by atoms with Gasteiger partial charge in [-0.1, -0.05) is 54.6 Å².